The molecule has 0 spiro atoms. The highest BCUT2D eigenvalue weighted by atomic mass is 19.4. The number of rotatable bonds is 8. The van der Waals surface area contributed by atoms with Crippen LogP contribution in [0, 0.1) is 0 Å². The van der Waals surface area contributed by atoms with E-state index in [1.807, 2.05) is 48.3 Å². The van der Waals surface area contributed by atoms with Crippen LogP contribution < -0.4 is 0 Å². The lowest BCUT2D eigenvalue weighted by Crippen LogP contribution is -2.23. The molecule has 0 aliphatic heterocycles. The van der Waals surface area contributed by atoms with Crippen molar-refractivity contribution < 1.29 is 18.0 Å². The van der Waals surface area contributed by atoms with E-state index in [1.165, 1.54) is 12.1 Å². The summed E-state index contributed by atoms with van der Waals surface area (Å²) in [5.41, 5.74) is 1.96. The molecule has 164 valence electrons. The number of carbonyl (C=O) groups excluding carboxylic acids is 1. The molecule has 0 amide bonds. The molecule has 0 atom stereocenters. The van der Waals surface area contributed by atoms with Gasteiger partial charge < -0.3 is 0 Å². The summed E-state index contributed by atoms with van der Waals surface area (Å²) in [5, 5.41) is 0. The van der Waals surface area contributed by atoms with Crippen LogP contribution in [0.4, 0.5) is 13.2 Å². The molecular weight excluding hydrogens is 411 g/mol. The summed E-state index contributed by atoms with van der Waals surface area (Å²) in [7, 11) is 1.89. The van der Waals surface area contributed by atoms with Crippen LogP contribution in [-0.4, -0.2) is 24.3 Å². The summed E-state index contributed by atoms with van der Waals surface area (Å²) >= 11 is 0. The van der Waals surface area contributed by atoms with Gasteiger partial charge in [0.2, 0.25) is 0 Å². The standard InChI is InChI=1S/C27H24F3NO/c1-20(18-31(2)19-21-10-5-3-6-11-21)26(32)25(23-13-7-4-8-14-23)17-22-12-9-15-24(16-22)27(28,29)30/h3-17H,1,18-19H2,2H3/b25-17+. The van der Waals surface area contributed by atoms with Gasteiger partial charge in [-0.3, -0.25) is 9.69 Å². The predicted molar refractivity (Wildman–Crippen MR) is 123 cm³/mol. The molecule has 2 nitrogen and oxygen atoms in total. The van der Waals surface area contributed by atoms with Crippen LogP contribution >= 0.6 is 0 Å². The third-order valence-corrected chi connectivity index (χ3v) is 4.93. The van der Waals surface area contributed by atoms with E-state index >= 15 is 0 Å². The first-order valence-electron chi connectivity index (χ1n) is 10.1. The van der Waals surface area contributed by atoms with Crippen molar-refractivity contribution in [3.05, 3.63) is 119 Å². The van der Waals surface area contributed by atoms with Crippen LogP contribution in [-0.2, 0) is 17.5 Å². The Hall–Kier alpha value is -3.44. The fourth-order valence-electron chi connectivity index (χ4n) is 3.41. The zero-order chi connectivity index (χ0) is 23.1. The molecule has 3 aromatic carbocycles. The Morgan fingerprint density at radius 1 is 0.938 bits per heavy atom. The molecule has 0 radical (unpaired) electrons. The topological polar surface area (TPSA) is 20.3 Å². The highest BCUT2D eigenvalue weighted by Crippen LogP contribution is 2.31. The number of halogens is 3. The zero-order valence-electron chi connectivity index (χ0n) is 17.8. The van der Waals surface area contributed by atoms with Crippen molar-refractivity contribution in [2.45, 2.75) is 12.7 Å². The van der Waals surface area contributed by atoms with Crippen molar-refractivity contribution in [2.75, 3.05) is 13.6 Å². The highest BCUT2D eigenvalue weighted by molar-refractivity contribution is 6.32. The molecule has 0 fully saturated rings. The molecule has 0 aromatic heterocycles. The lowest BCUT2D eigenvalue weighted by atomic mass is 9.94. The van der Waals surface area contributed by atoms with Crippen LogP contribution in [0.15, 0.2) is 97.1 Å². The first kappa shape index (κ1) is 23.2. The maximum absolute atomic E-state index is 13.3. The average molecular weight is 435 g/mol. The summed E-state index contributed by atoms with van der Waals surface area (Å²) in [6.07, 6.45) is -2.96. The first-order chi connectivity index (χ1) is 15.2. The van der Waals surface area contributed by atoms with Crippen molar-refractivity contribution in [1.82, 2.24) is 4.90 Å². The number of benzene rings is 3. The van der Waals surface area contributed by atoms with E-state index in [-0.39, 0.29) is 5.78 Å². The SMILES string of the molecule is C=C(CN(C)Cc1ccccc1)C(=O)/C(=C/c1cccc(C(F)(F)F)c1)c1ccccc1. The smallest absolute Gasteiger partial charge is 0.298 e. The van der Waals surface area contributed by atoms with E-state index in [2.05, 4.69) is 6.58 Å². The molecule has 0 saturated carbocycles. The van der Waals surface area contributed by atoms with Gasteiger partial charge in [0.15, 0.2) is 5.78 Å². The molecule has 0 unspecified atom stereocenters. The monoisotopic (exact) mass is 435 g/mol. The molecule has 0 aliphatic rings. The van der Waals surface area contributed by atoms with Gasteiger partial charge in [-0.1, -0.05) is 79.4 Å². The number of ketones is 1. The third-order valence-electron chi connectivity index (χ3n) is 4.93. The number of allylic oxidation sites excluding steroid dienone is 1. The van der Waals surface area contributed by atoms with Gasteiger partial charge in [-0.2, -0.15) is 13.2 Å². The number of carbonyl (C=O) groups is 1. The number of nitrogens with zero attached hydrogens (tertiary/aromatic N) is 1. The van der Waals surface area contributed by atoms with Crippen molar-refractivity contribution >= 4 is 17.4 Å². The number of alkyl halides is 3. The summed E-state index contributed by atoms with van der Waals surface area (Å²) < 4.78 is 39.4. The summed E-state index contributed by atoms with van der Waals surface area (Å²) in [4.78, 5) is 15.3. The Morgan fingerprint density at radius 3 is 2.19 bits per heavy atom. The molecule has 0 bridgehead atoms. The molecule has 32 heavy (non-hydrogen) atoms. The minimum atomic E-state index is -4.45. The third kappa shape index (κ3) is 6.28. The minimum absolute atomic E-state index is 0.298. The molecule has 0 saturated heterocycles. The van der Waals surface area contributed by atoms with E-state index in [4.69, 9.17) is 0 Å². The van der Waals surface area contributed by atoms with Gasteiger partial charge in [-0.15, -0.1) is 0 Å². The van der Waals surface area contributed by atoms with Gasteiger partial charge in [0, 0.05) is 24.2 Å². The number of hydrogen-bond donors (Lipinski definition) is 0. The van der Waals surface area contributed by atoms with Gasteiger partial charge in [0.25, 0.3) is 0 Å². The Bertz CT molecular complexity index is 1100. The quantitative estimate of drug-likeness (QED) is 0.297. The van der Waals surface area contributed by atoms with Crippen LogP contribution in [0.3, 0.4) is 0 Å². The summed E-state index contributed by atoms with van der Waals surface area (Å²) in [5.74, 6) is -0.298. The Balaban J connectivity index is 1.87. The predicted octanol–water partition coefficient (Wildman–Crippen LogP) is 6.50. The zero-order valence-corrected chi connectivity index (χ0v) is 17.8. The van der Waals surface area contributed by atoms with E-state index in [0.29, 0.717) is 35.4 Å². The largest absolute Gasteiger partial charge is 0.416 e. The lowest BCUT2D eigenvalue weighted by molar-refractivity contribution is -0.137. The molecule has 0 N–H and O–H groups in total. The average Bonchev–Trinajstić information content (AvgIpc) is 2.78. The van der Waals surface area contributed by atoms with Crippen molar-refractivity contribution in [1.29, 1.82) is 0 Å². The van der Waals surface area contributed by atoms with E-state index in [1.54, 1.807) is 30.3 Å². The van der Waals surface area contributed by atoms with Gasteiger partial charge in [0.1, 0.15) is 0 Å². The molecular formula is C27H24F3NO. The van der Waals surface area contributed by atoms with Crippen LogP contribution in [0.5, 0.6) is 0 Å². The molecule has 3 rings (SSSR count). The van der Waals surface area contributed by atoms with Gasteiger partial charge in [-0.05, 0) is 41.9 Å². The summed E-state index contributed by atoms with van der Waals surface area (Å²) in [6, 6.07) is 23.7. The van der Waals surface area contributed by atoms with Crippen molar-refractivity contribution in [3.63, 3.8) is 0 Å². The molecule has 0 aliphatic carbocycles. The second-order valence-electron chi connectivity index (χ2n) is 7.64. The number of hydrogen-bond acceptors (Lipinski definition) is 2. The maximum atomic E-state index is 13.3. The van der Waals surface area contributed by atoms with E-state index < -0.39 is 11.7 Å². The molecule has 0 heterocycles. The van der Waals surface area contributed by atoms with Gasteiger partial charge >= 0.3 is 6.18 Å². The normalized spacial score (nSPS) is 12.1. The first-order valence-corrected chi connectivity index (χ1v) is 10.1. The van der Waals surface area contributed by atoms with Crippen LogP contribution in [0.25, 0.3) is 11.6 Å². The van der Waals surface area contributed by atoms with Crippen molar-refractivity contribution in [2.24, 2.45) is 0 Å². The van der Waals surface area contributed by atoms with Crippen LogP contribution in [0.1, 0.15) is 22.3 Å². The fourth-order valence-corrected chi connectivity index (χ4v) is 3.41. The van der Waals surface area contributed by atoms with Gasteiger partial charge in [-0.25, -0.2) is 0 Å². The van der Waals surface area contributed by atoms with E-state index in [0.717, 1.165) is 17.7 Å². The van der Waals surface area contributed by atoms with Gasteiger partial charge in [0.05, 0.1) is 5.56 Å². The maximum Gasteiger partial charge on any atom is 0.416 e. The second kappa shape index (κ2) is 10.2. The number of likely N-dealkylation sites (N-methyl/N-ethyl adjacent to an activating group) is 1. The summed E-state index contributed by atoms with van der Waals surface area (Å²) in [6.45, 7) is 4.95. The Kier molecular flexibility index (Phi) is 7.44. The molecule has 3 aromatic rings. The fraction of sp³-hybridized carbons (Fsp3) is 0.148. The highest BCUT2D eigenvalue weighted by Gasteiger charge is 2.30. The second-order valence-corrected chi connectivity index (χ2v) is 7.64. The van der Waals surface area contributed by atoms with Crippen LogP contribution in [0.2, 0.25) is 0 Å². The Morgan fingerprint density at radius 2 is 1.56 bits per heavy atom. The Labute approximate surface area is 186 Å². The number of Topliss-reactive ketones (excluding diaryl/α,β-unsaturated/α-hetero) is 1. The lowest BCUT2D eigenvalue weighted by Gasteiger charge is -2.19. The minimum Gasteiger partial charge on any atom is -0.298 e. The molecule has 5 heteroatoms. The van der Waals surface area contributed by atoms with Crippen molar-refractivity contribution in [3.8, 4) is 0 Å². The van der Waals surface area contributed by atoms with E-state index in [9.17, 15) is 18.0 Å².